The summed E-state index contributed by atoms with van der Waals surface area (Å²) in [5.74, 6) is -0.426. The minimum Gasteiger partial charge on any atom is -0.372 e. The van der Waals surface area contributed by atoms with Gasteiger partial charge in [-0.2, -0.15) is 0 Å². The second-order valence-corrected chi connectivity index (χ2v) is 4.85. The molecule has 1 aliphatic rings. The van der Waals surface area contributed by atoms with Crippen molar-refractivity contribution >= 4 is 11.6 Å². The lowest BCUT2D eigenvalue weighted by Crippen LogP contribution is -2.35. The maximum Gasteiger partial charge on any atom is 0.265 e. The summed E-state index contributed by atoms with van der Waals surface area (Å²) in [5, 5.41) is 13.7. The second-order valence-electron chi connectivity index (χ2n) is 4.85. The van der Waals surface area contributed by atoms with E-state index in [2.05, 4.69) is 5.32 Å². The summed E-state index contributed by atoms with van der Waals surface area (Å²) >= 11 is 0. The van der Waals surface area contributed by atoms with Crippen molar-refractivity contribution in [1.82, 2.24) is 0 Å². The van der Waals surface area contributed by atoms with Crippen LogP contribution in [-0.2, 0) is 10.4 Å². The molecule has 2 aromatic carbocycles. The summed E-state index contributed by atoms with van der Waals surface area (Å²) in [6.45, 7) is 0. The molecule has 21 heavy (non-hydrogen) atoms. The molecule has 0 aliphatic carbocycles. The van der Waals surface area contributed by atoms with Crippen molar-refractivity contribution in [3.8, 4) is 0 Å². The third-order valence-electron chi connectivity index (χ3n) is 3.53. The van der Waals surface area contributed by atoms with Gasteiger partial charge in [0.15, 0.2) is 5.60 Å². The highest BCUT2D eigenvalue weighted by molar-refractivity contribution is 6.07. The van der Waals surface area contributed by atoms with Gasteiger partial charge >= 0.3 is 0 Å². The number of rotatable bonds is 1. The van der Waals surface area contributed by atoms with E-state index in [1.54, 1.807) is 24.3 Å². The SMILES string of the molecule is O=C1Nc2ccccc2C1(O)c1ccccccccc1. The summed E-state index contributed by atoms with van der Waals surface area (Å²) in [6.07, 6.45) is 0. The first-order valence-corrected chi connectivity index (χ1v) is 6.75. The van der Waals surface area contributed by atoms with E-state index in [4.69, 9.17) is 0 Å². The minimum atomic E-state index is -1.66. The third kappa shape index (κ3) is 2.28. The number of nitrogens with one attached hydrogen (secondary N) is 1. The molecule has 0 spiro atoms. The summed E-state index contributed by atoms with van der Waals surface area (Å²) in [7, 11) is 0. The van der Waals surface area contributed by atoms with E-state index in [0.717, 1.165) is 0 Å². The van der Waals surface area contributed by atoms with Crippen LogP contribution in [0.1, 0.15) is 11.1 Å². The molecule has 1 heterocycles. The summed E-state index contributed by atoms with van der Waals surface area (Å²) in [4.78, 5) is 12.3. The van der Waals surface area contributed by atoms with Crippen molar-refractivity contribution < 1.29 is 9.90 Å². The molecular formula is C18H15NO2. The molecule has 2 aromatic rings. The topological polar surface area (TPSA) is 49.3 Å². The van der Waals surface area contributed by atoms with Gasteiger partial charge in [-0.15, -0.1) is 0 Å². The number of anilines is 1. The second kappa shape index (κ2) is 5.38. The molecule has 1 amide bonds. The molecule has 2 N–H and O–H groups in total. The Balaban J connectivity index is 2.22. The Kier molecular flexibility index (Phi) is 3.42. The van der Waals surface area contributed by atoms with Gasteiger partial charge in [0.1, 0.15) is 0 Å². The fourth-order valence-corrected chi connectivity index (χ4v) is 2.47. The van der Waals surface area contributed by atoms with E-state index in [9.17, 15) is 9.90 Å². The Hall–Kier alpha value is -2.65. The minimum absolute atomic E-state index is 0.426. The van der Waals surface area contributed by atoms with E-state index in [1.165, 1.54) is 0 Å². The highest BCUT2D eigenvalue weighted by atomic mass is 16.3. The van der Waals surface area contributed by atoms with E-state index in [-0.39, 0.29) is 0 Å². The van der Waals surface area contributed by atoms with Crippen molar-refractivity contribution in [3.63, 3.8) is 0 Å². The van der Waals surface area contributed by atoms with E-state index in [0.29, 0.717) is 16.8 Å². The molecule has 3 heteroatoms. The van der Waals surface area contributed by atoms with Crippen molar-refractivity contribution in [1.29, 1.82) is 0 Å². The van der Waals surface area contributed by atoms with Crippen molar-refractivity contribution in [2.45, 2.75) is 5.60 Å². The number of hydrogen-bond acceptors (Lipinski definition) is 2. The Morgan fingerprint density at radius 3 is 1.95 bits per heavy atom. The zero-order valence-corrected chi connectivity index (χ0v) is 11.4. The fraction of sp³-hybridized carbons (Fsp3) is 0.0556. The van der Waals surface area contributed by atoms with Crippen LogP contribution in [0.4, 0.5) is 5.69 Å². The van der Waals surface area contributed by atoms with Crippen molar-refractivity contribution in [2.24, 2.45) is 0 Å². The predicted octanol–water partition coefficient (Wildman–Crippen LogP) is 3.00. The van der Waals surface area contributed by atoms with Gasteiger partial charge in [-0.25, -0.2) is 0 Å². The lowest BCUT2D eigenvalue weighted by atomic mass is 9.88. The third-order valence-corrected chi connectivity index (χ3v) is 3.53. The molecule has 3 nitrogen and oxygen atoms in total. The number of benzene rings is 1. The van der Waals surface area contributed by atoms with Gasteiger partial charge in [0.25, 0.3) is 5.91 Å². The lowest BCUT2D eigenvalue weighted by Gasteiger charge is -2.20. The molecule has 1 unspecified atom stereocenters. The quantitative estimate of drug-likeness (QED) is 0.842. The van der Waals surface area contributed by atoms with Gasteiger partial charge in [-0.1, -0.05) is 72.8 Å². The van der Waals surface area contributed by atoms with E-state index in [1.807, 2.05) is 54.6 Å². The first kappa shape index (κ1) is 13.3. The lowest BCUT2D eigenvalue weighted by molar-refractivity contribution is -0.129. The zero-order chi connectivity index (χ0) is 14.7. The van der Waals surface area contributed by atoms with Crippen LogP contribution in [0.2, 0.25) is 0 Å². The first-order chi connectivity index (χ1) is 10.2. The predicted molar refractivity (Wildman–Crippen MR) is 82.1 cm³/mol. The molecule has 3 rings (SSSR count). The fourth-order valence-electron chi connectivity index (χ4n) is 2.47. The standard InChI is InChI=1S/C18H15NO2/c20-17-18(21,15-12-8-9-13-16(15)19-17)14-10-6-4-2-1-3-5-7-11-14/h1-13,21H,(H,19,20). The van der Waals surface area contributed by atoms with E-state index >= 15 is 0 Å². The largest absolute Gasteiger partial charge is 0.372 e. The van der Waals surface area contributed by atoms with Crippen LogP contribution in [0.15, 0.2) is 78.9 Å². The van der Waals surface area contributed by atoms with Gasteiger partial charge in [-0.3, -0.25) is 4.79 Å². The Bertz CT molecular complexity index is 716. The van der Waals surface area contributed by atoms with Gasteiger partial charge < -0.3 is 10.4 Å². The smallest absolute Gasteiger partial charge is 0.265 e. The molecule has 0 bridgehead atoms. The van der Waals surface area contributed by atoms with Crippen LogP contribution < -0.4 is 5.32 Å². The maximum atomic E-state index is 12.3. The molecule has 0 radical (unpaired) electrons. The molecule has 0 saturated carbocycles. The maximum absolute atomic E-state index is 12.3. The van der Waals surface area contributed by atoms with Crippen LogP contribution in [0, 0.1) is 0 Å². The number of carbonyl (C=O) groups excluding carboxylic acids is 1. The number of fused-ring (bicyclic) bond motifs is 1. The zero-order valence-electron chi connectivity index (χ0n) is 11.4. The Morgan fingerprint density at radius 1 is 0.762 bits per heavy atom. The van der Waals surface area contributed by atoms with Crippen molar-refractivity contribution in [3.05, 3.63) is 90.0 Å². The number of carbonyl (C=O) groups is 1. The number of hydrogen-bond donors (Lipinski definition) is 2. The van der Waals surface area contributed by atoms with Gasteiger partial charge in [-0.05, 0) is 11.6 Å². The highest BCUT2D eigenvalue weighted by Crippen LogP contribution is 2.40. The van der Waals surface area contributed by atoms with Gasteiger partial charge in [0.2, 0.25) is 0 Å². The van der Waals surface area contributed by atoms with E-state index < -0.39 is 11.5 Å². The average Bonchev–Trinajstić information content (AvgIpc) is 2.77. The highest BCUT2D eigenvalue weighted by Gasteiger charge is 2.46. The van der Waals surface area contributed by atoms with Crippen molar-refractivity contribution in [2.75, 3.05) is 5.32 Å². The van der Waals surface area contributed by atoms with Crippen LogP contribution in [0.5, 0.6) is 0 Å². The number of aliphatic hydroxyl groups is 1. The molecule has 1 atom stereocenters. The van der Waals surface area contributed by atoms with Crippen LogP contribution >= 0.6 is 0 Å². The summed E-state index contributed by atoms with van der Waals surface area (Å²) in [6, 6.07) is 23.7. The number of amides is 1. The average molecular weight is 277 g/mol. The Labute approximate surface area is 123 Å². The van der Waals surface area contributed by atoms with Crippen LogP contribution in [0.3, 0.4) is 0 Å². The summed E-state index contributed by atoms with van der Waals surface area (Å²) in [5.41, 5.74) is 0.0987. The van der Waals surface area contributed by atoms with Crippen LogP contribution in [0.25, 0.3) is 0 Å². The molecule has 0 fully saturated rings. The van der Waals surface area contributed by atoms with Gasteiger partial charge in [0.05, 0.1) is 0 Å². The summed E-state index contributed by atoms with van der Waals surface area (Å²) < 4.78 is 0. The first-order valence-electron chi connectivity index (χ1n) is 6.75. The molecule has 104 valence electrons. The molecular weight excluding hydrogens is 262 g/mol. The number of para-hydroxylation sites is 1. The Morgan fingerprint density at radius 2 is 1.29 bits per heavy atom. The molecule has 0 saturated heterocycles. The monoisotopic (exact) mass is 277 g/mol. The molecule has 1 aliphatic heterocycles. The van der Waals surface area contributed by atoms with Crippen LogP contribution in [-0.4, -0.2) is 11.0 Å². The molecule has 0 aromatic heterocycles. The van der Waals surface area contributed by atoms with Gasteiger partial charge in [0, 0.05) is 11.3 Å². The normalized spacial score (nSPS) is 19.4.